The first-order chi connectivity index (χ1) is 6.15. The van der Waals surface area contributed by atoms with Gasteiger partial charge in [0.2, 0.25) is 0 Å². The average Bonchev–Trinajstić information content (AvgIpc) is 2.13. The number of esters is 1. The van der Waals surface area contributed by atoms with Gasteiger partial charge in [-0.2, -0.15) is 0 Å². The predicted molar refractivity (Wildman–Crippen MR) is 52.3 cm³/mol. The Kier molecular flexibility index (Phi) is 3.32. The number of carbonyl (C=O) groups excluding carboxylic acids is 1. The van der Waals surface area contributed by atoms with Gasteiger partial charge in [-0.3, -0.25) is 4.79 Å². The Labute approximate surface area is 82.5 Å². The molecule has 0 radical (unpaired) electrons. The van der Waals surface area contributed by atoms with E-state index < -0.39 is 0 Å². The second-order valence-electron chi connectivity index (χ2n) is 2.81. The average molecular weight is 199 g/mol. The smallest absolute Gasteiger partial charge is 0.306 e. The van der Waals surface area contributed by atoms with Crippen LogP contribution >= 0.6 is 11.6 Å². The van der Waals surface area contributed by atoms with Crippen LogP contribution in [0.25, 0.3) is 0 Å². The van der Waals surface area contributed by atoms with Crippen molar-refractivity contribution in [2.24, 2.45) is 5.92 Å². The summed E-state index contributed by atoms with van der Waals surface area (Å²) in [5.41, 5.74) is 0.773. The maximum atomic E-state index is 11.0. The van der Waals surface area contributed by atoms with Crippen molar-refractivity contribution >= 4 is 17.6 Å². The standard InChI is InChI=1S/C10H11ClO2/c1-7-8(6-10(12)13-2)4-3-5-9(7)11/h3-5,8H,1,6H2,2H3. The predicted octanol–water partition coefficient (Wildman–Crippen LogP) is 2.41. The summed E-state index contributed by atoms with van der Waals surface area (Å²) < 4.78 is 4.56. The van der Waals surface area contributed by atoms with Gasteiger partial charge in [0.1, 0.15) is 0 Å². The number of allylic oxidation sites excluding steroid dienone is 5. The summed E-state index contributed by atoms with van der Waals surface area (Å²) in [6.45, 7) is 3.80. The van der Waals surface area contributed by atoms with Crippen LogP contribution in [0.4, 0.5) is 0 Å². The molecule has 0 N–H and O–H groups in total. The van der Waals surface area contributed by atoms with E-state index >= 15 is 0 Å². The monoisotopic (exact) mass is 198 g/mol. The van der Waals surface area contributed by atoms with Crippen LogP contribution in [0.15, 0.2) is 35.4 Å². The Morgan fingerprint density at radius 2 is 2.46 bits per heavy atom. The van der Waals surface area contributed by atoms with Gasteiger partial charge in [0, 0.05) is 11.0 Å². The third kappa shape index (κ3) is 2.46. The highest BCUT2D eigenvalue weighted by molar-refractivity contribution is 6.32. The Hall–Kier alpha value is -1.02. The molecule has 0 heterocycles. The lowest BCUT2D eigenvalue weighted by atomic mass is 9.93. The molecule has 0 aromatic rings. The van der Waals surface area contributed by atoms with E-state index in [2.05, 4.69) is 11.3 Å². The number of carbonyl (C=O) groups is 1. The fourth-order valence-corrected chi connectivity index (χ4v) is 1.34. The van der Waals surface area contributed by atoms with E-state index in [4.69, 9.17) is 11.6 Å². The summed E-state index contributed by atoms with van der Waals surface area (Å²) in [5, 5.41) is 0.608. The molecule has 1 atom stereocenters. The molecule has 0 aromatic heterocycles. The van der Waals surface area contributed by atoms with E-state index in [1.54, 1.807) is 6.08 Å². The molecular formula is C10H11ClO2. The Morgan fingerprint density at radius 3 is 3.08 bits per heavy atom. The molecule has 2 nitrogen and oxygen atoms in total. The van der Waals surface area contributed by atoms with Crippen molar-refractivity contribution in [1.29, 1.82) is 0 Å². The number of ether oxygens (including phenoxy) is 1. The van der Waals surface area contributed by atoms with E-state index in [-0.39, 0.29) is 11.9 Å². The molecule has 1 aliphatic carbocycles. The third-order valence-corrected chi connectivity index (χ3v) is 2.32. The molecule has 0 bridgehead atoms. The van der Waals surface area contributed by atoms with Crippen LogP contribution in [0.3, 0.4) is 0 Å². The van der Waals surface area contributed by atoms with E-state index in [9.17, 15) is 4.79 Å². The van der Waals surface area contributed by atoms with Crippen molar-refractivity contribution in [2.45, 2.75) is 6.42 Å². The molecule has 0 fully saturated rings. The maximum Gasteiger partial charge on any atom is 0.306 e. The van der Waals surface area contributed by atoms with Gasteiger partial charge in [-0.1, -0.05) is 30.3 Å². The van der Waals surface area contributed by atoms with Gasteiger partial charge >= 0.3 is 5.97 Å². The highest BCUT2D eigenvalue weighted by Crippen LogP contribution is 2.28. The molecule has 1 unspecified atom stereocenters. The lowest BCUT2D eigenvalue weighted by Gasteiger charge is -2.16. The quantitative estimate of drug-likeness (QED) is 0.637. The number of hydrogen-bond acceptors (Lipinski definition) is 2. The van der Waals surface area contributed by atoms with Crippen LogP contribution in [-0.4, -0.2) is 13.1 Å². The molecule has 0 aliphatic heterocycles. The van der Waals surface area contributed by atoms with Crippen molar-refractivity contribution in [1.82, 2.24) is 0 Å². The first-order valence-electron chi connectivity index (χ1n) is 3.95. The summed E-state index contributed by atoms with van der Waals surface area (Å²) in [6, 6.07) is 0. The topological polar surface area (TPSA) is 26.3 Å². The summed E-state index contributed by atoms with van der Waals surface area (Å²) in [5.74, 6) is -0.271. The fourth-order valence-electron chi connectivity index (χ4n) is 1.13. The molecule has 1 rings (SSSR count). The molecule has 3 heteroatoms. The van der Waals surface area contributed by atoms with Crippen LogP contribution in [0.2, 0.25) is 0 Å². The third-order valence-electron chi connectivity index (χ3n) is 1.95. The largest absolute Gasteiger partial charge is 0.469 e. The first kappa shape index (κ1) is 10.1. The van der Waals surface area contributed by atoms with Gasteiger partial charge in [0.05, 0.1) is 13.5 Å². The summed E-state index contributed by atoms with van der Waals surface area (Å²) in [7, 11) is 1.37. The van der Waals surface area contributed by atoms with Gasteiger partial charge in [0.15, 0.2) is 0 Å². The van der Waals surface area contributed by atoms with E-state index in [0.29, 0.717) is 11.5 Å². The highest BCUT2D eigenvalue weighted by atomic mass is 35.5. The fraction of sp³-hybridized carbons (Fsp3) is 0.300. The van der Waals surface area contributed by atoms with Crippen molar-refractivity contribution in [3.63, 3.8) is 0 Å². The highest BCUT2D eigenvalue weighted by Gasteiger charge is 2.18. The van der Waals surface area contributed by atoms with Gasteiger partial charge in [-0.25, -0.2) is 0 Å². The zero-order valence-electron chi connectivity index (χ0n) is 7.42. The summed E-state index contributed by atoms with van der Waals surface area (Å²) in [6.07, 6.45) is 5.78. The number of halogens is 1. The second kappa shape index (κ2) is 4.28. The molecule has 13 heavy (non-hydrogen) atoms. The molecule has 1 aliphatic rings. The Balaban J connectivity index is 2.63. The zero-order chi connectivity index (χ0) is 9.84. The van der Waals surface area contributed by atoms with Crippen LogP contribution in [0, 0.1) is 5.92 Å². The van der Waals surface area contributed by atoms with Crippen LogP contribution in [0.1, 0.15) is 6.42 Å². The summed E-state index contributed by atoms with van der Waals surface area (Å²) in [4.78, 5) is 11.0. The van der Waals surface area contributed by atoms with Crippen LogP contribution < -0.4 is 0 Å². The van der Waals surface area contributed by atoms with Gasteiger partial charge in [-0.05, 0) is 11.6 Å². The first-order valence-corrected chi connectivity index (χ1v) is 4.33. The lowest BCUT2D eigenvalue weighted by Crippen LogP contribution is -2.11. The molecular weight excluding hydrogens is 188 g/mol. The minimum atomic E-state index is -0.248. The molecule has 70 valence electrons. The van der Waals surface area contributed by atoms with E-state index in [0.717, 1.165) is 5.57 Å². The SMILES string of the molecule is C=C1C(Cl)=CC=CC1CC(=O)OC. The molecule has 0 spiro atoms. The Morgan fingerprint density at radius 1 is 1.77 bits per heavy atom. The summed E-state index contributed by atoms with van der Waals surface area (Å²) >= 11 is 5.85. The molecule has 0 saturated heterocycles. The number of methoxy groups -OCH3 is 1. The van der Waals surface area contributed by atoms with Crippen molar-refractivity contribution in [3.05, 3.63) is 35.4 Å². The van der Waals surface area contributed by atoms with Crippen LogP contribution in [0.5, 0.6) is 0 Å². The zero-order valence-corrected chi connectivity index (χ0v) is 8.17. The van der Waals surface area contributed by atoms with E-state index in [1.807, 2.05) is 12.2 Å². The van der Waals surface area contributed by atoms with Crippen molar-refractivity contribution in [3.8, 4) is 0 Å². The Bertz CT molecular complexity index is 289. The lowest BCUT2D eigenvalue weighted by molar-refractivity contribution is -0.141. The molecule has 0 saturated carbocycles. The second-order valence-corrected chi connectivity index (χ2v) is 3.22. The van der Waals surface area contributed by atoms with Gasteiger partial charge in [-0.15, -0.1) is 0 Å². The van der Waals surface area contributed by atoms with Gasteiger partial charge < -0.3 is 4.74 Å². The van der Waals surface area contributed by atoms with E-state index in [1.165, 1.54) is 7.11 Å². The maximum absolute atomic E-state index is 11.0. The number of rotatable bonds is 2. The normalized spacial score (nSPS) is 21.2. The minimum Gasteiger partial charge on any atom is -0.469 e. The molecule has 0 amide bonds. The van der Waals surface area contributed by atoms with Gasteiger partial charge in [0.25, 0.3) is 0 Å². The van der Waals surface area contributed by atoms with Crippen LogP contribution in [-0.2, 0) is 9.53 Å². The van der Waals surface area contributed by atoms with Crippen molar-refractivity contribution < 1.29 is 9.53 Å². The van der Waals surface area contributed by atoms with Crippen molar-refractivity contribution in [2.75, 3.05) is 7.11 Å². The minimum absolute atomic E-state index is 0.0232. The molecule has 0 aromatic carbocycles. The number of hydrogen-bond donors (Lipinski definition) is 0.